The van der Waals surface area contributed by atoms with Crippen molar-refractivity contribution in [2.75, 3.05) is 0 Å². The van der Waals surface area contributed by atoms with E-state index < -0.39 is 11.9 Å². The fraction of sp³-hybridized carbons (Fsp3) is 0.280. The normalized spacial score (nSPS) is 12.8. The standard InChI is InChI=1S/C25H26Cl2O4/c1-16(14-15-25(3,4)5)22(31-24(29)19-8-12-21(27)13-9-19)17(2)30-23(28)18-6-10-20(26)11-7-18/h6-14H,15H2,1-5H3/b16-14-,22-17-. The second-order valence-electron chi connectivity index (χ2n) is 8.33. The van der Waals surface area contributed by atoms with Crippen LogP contribution in [0, 0.1) is 5.41 Å². The van der Waals surface area contributed by atoms with Gasteiger partial charge in [-0.3, -0.25) is 0 Å². The van der Waals surface area contributed by atoms with Crippen molar-refractivity contribution in [1.82, 2.24) is 0 Å². The van der Waals surface area contributed by atoms with Gasteiger partial charge in [0.25, 0.3) is 0 Å². The number of carbonyl (C=O) groups is 2. The molecule has 0 fully saturated rings. The zero-order valence-electron chi connectivity index (χ0n) is 18.3. The molecule has 4 nitrogen and oxygen atoms in total. The van der Waals surface area contributed by atoms with Gasteiger partial charge in [-0.1, -0.05) is 50.0 Å². The summed E-state index contributed by atoms with van der Waals surface area (Å²) >= 11 is 11.8. The van der Waals surface area contributed by atoms with Crippen LogP contribution in [0.25, 0.3) is 0 Å². The van der Waals surface area contributed by atoms with E-state index in [2.05, 4.69) is 20.8 Å². The molecule has 0 aliphatic carbocycles. The summed E-state index contributed by atoms with van der Waals surface area (Å²) < 4.78 is 11.2. The van der Waals surface area contributed by atoms with Gasteiger partial charge in [0.05, 0.1) is 11.1 Å². The Labute approximate surface area is 193 Å². The summed E-state index contributed by atoms with van der Waals surface area (Å²) in [7, 11) is 0. The first kappa shape index (κ1) is 24.7. The van der Waals surface area contributed by atoms with Crippen LogP contribution in [0.15, 0.2) is 71.7 Å². The average Bonchev–Trinajstić information content (AvgIpc) is 2.70. The second kappa shape index (κ2) is 10.7. The van der Waals surface area contributed by atoms with Crippen molar-refractivity contribution in [2.45, 2.75) is 41.0 Å². The zero-order chi connectivity index (χ0) is 23.2. The Balaban J connectivity index is 2.34. The number of hydrogen-bond donors (Lipinski definition) is 0. The highest BCUT2D eigenvalue weighted by molar-refractivity contribution is 6.31. The highest BCUT2D eigenvalue weighted by atomic mass is 35.5. The van der Waals surface area contributed by atoms with Gasteiger partial charge in [0.15, 0.2) is 5.76 Å². The first-order valence-corrected chi connectivity index (χ1v) is 10.6. The van der Waals surface area contributed by atoms with E-state index in [9.17, 15) is 9.59 Å². The maximum atomic E-state index is 12.7. The maximum Gasteiger partial charge on any atom is 0.343 e. The van der Waals surface area contributed by atoms with Gasteiger partial charge < -0.3 is 9.47 Å². The van der Waals surface area contributed by atoms with Gasteiger partial charge >= 0.3 is 11.9 Å². The van der Waals surface area contributed by atoms with Gasteiger partial charge in [0.1, 0.15) is 5.76 Å². The quantitative estimate of drug-likeness (QED) is 0.252. The van der Waals surface area contributed by atoms with E-state index >= 15 is 0 Å². The van der Waals surface area contributed by atoms with Gasteiger partial charge in [0, 0.05) is 10.0 Å². The summed E-state index contributed by atoms with van der Waals surface area (Å²) in [6, 6.07) is 12.7. The Hall–Kier alpha value is -2.56. The minimum absolute atomic E-state index is 0.0421. The Morgan fingerprint density at radius 3 is 1.65 bits per heavy atom. The Morgan fingerprint density at radius 1 is 0.806 bits per heavy atom. The zero-order valence-corrected chi connectivity index (χ0v) is 19.8. The molecule has 0 radical (unpaired) electrons. The lowest BCUT2D eigenvalue weighted by molar-refractivity contribution is 0.0535. The number of allylic oxidation sites excluding steroid dienone is 3. The number of rotatable bonds is 6. The molecule has 0 aromatic heterocycles. The van der Waals surface area contributed by atoms with Crippen molar-refractivity contribution in [2.24, 2.45) is 5.41 Å². The maximum absolute atomic E-state index is 12.7. The molecule has 0 spiro atoms. The molecule has 2 aromatic carbocycles. The average molecular weight is 461 g/mol. The minimum Gasteiger partial charge on any atom is -0.424 e. The van der Waals surface area contributed by atoms with E-state index in [4.69, 9.17) is 32.7 Å². The Morgan fingerprint density at radius 2 is 1.23 bits per heavy atom. The molecule has 2 rings (SSSR count). The third-order valence-corrected chi connectivity index (χ3v) is 4.80. The molecular formula is C25H26Cl2O4. The summed E-state index contributed by atoms with van der Waals surface area (Å²) in [4.78, 5) is 25.2. The SMILES string of the molecule is CC(=C/CC(C)(C)C)/C(OC(=O)c1ccc(Cl)cc1)=C(\C)OC(=O)c1ccc(Cl)cc1. The summed E-state index contributed by atoms with van der Waals surface area (Å²) in [5.74, 6) is -0.758. The van der Waals surface area contributed by atoms with Gasteiger partial charge in [-0.15, -0.1) is 0 Å². The molecule has 0 saturated carbocycles. The van der Waals surface area contributed by atoms with E-state index in [0.29, 0.717) is 26.7 Å². The lowest BCUT2D eigenvalue weighted by Gasteiger charge is -2.18. The second-order valence-corrected chi connectivity index (χ2v) is 9.20. The molecular weight excluding hydrogens is 435 g/mol. The van der Waals surface area contributed by atoms with Crippen molar-refractivity contribution in [3.8, 4) is 0 Å². The largest absolute Gasteiger partial charge is 0.424 e. The van der Waals surface area contributed by atoms with Crippen LogP contribution in [0.2, 0.25) is 10.0 Å². The van der Waals surface area contributed by atoms with Gasteiger partial charge in [-0.05, 0) is 79.8 Å². The molecule has 0 heterocycles. The van der Waals surface area contributed by atoms with Crippen LogP contribution in [0.5, 0.6) is 0 Å². The van der Waals surface area contributed by atoms with E-state index in [-0.39, 0.29) is 16.9 Å². The number of esters is 2. The Bertz CT molecular complexity index is 995. The number of ether oxygens (including phenoxy) is 2. The smallest absolute Gasteiger partial charge is 0.343 e. The molecule has 0 aliphatic rings. The number of benzene rings is 2. The van der Waals surface area contributed by atoms with Crippen molar-refractivity contribution >= 4 is 35.1 Å². The lowest BCUT2D eigenvalue weighted by atomic mass is 9.91. The first-order chi connectivity index (χ1) is 14.5. The first-order valence-electron chi connectivity index (χ1n) is 9.80. The minimum atomic E-state index is -0.572. The van der Waals surface area contributed by atoms with Crippen LogP contribution >= 0.6 is 23.2 Å². The molecule has 0 aliphatic heterocycles. The van der Waals surface area contributed by atoms with Crippen molar-refractivity contribution < 1.29 is 19.1 Å². The summed E-state index contributed by atoms with van der Waals surface area (Å²) in [5.41, 5.74) is 1.41. The molecule has 6 heteroatoms. The topological polar surface area (TPSA) is 52.6 Å². The molecule has 0 amide bonds. The summed E-state index contributed by atoms with van der Waals surface area (Å²) in [6.45, 7) is 9.72. The molecule has 0 atom stereocenters. The van der Waals surface area contributed by atoms with E-state index in [1.807, 2.05) is 13.0 Å². The molecule has 0 unspecified atom stereocenters. The molecule has 164 valence electrons. The monoisotopic (exact) mass is 460 g/mol. The van der Waals surface area contributed by atoms with Crippen LogP contribution in [-0.2, 0) is 9.47 Å². The third kappa shape index (κ3) is 7.89. The van der Waals surface area contributed by atoms with Gasteiger partial charge in [0.2, 0.25) is 0 Å². The van der Waals surface area contributed by atoms with Crippen molar-refractivity contribution in [3.05, 3.63) is 92.9 Å². The van der Waals surface area contributed by atoms with Gasteiger partial charge in [-0.2, -0.15) is 0 Å². The van der Waals surface area contributed by atoms with Crippen LogP contribution in [0.3, 0.4) is 0 Å². The van der Waals surface area contributed by atoms with Crippen molar-refractivity contribution in [1.29, 1.82) is 0 Å². The predicted octanol–water partition coefficient (Wildman–Crippen LogP) is 7.62. The van der Waals surface area contributed by atoms with Crippen LogP contribution < -0.4 is 0 Å². The number of hydrogen-bond acceptors (Lipinski definition) is 4. The van der Waals surface area contributed by atoms with E-state index in [0.717, 1.165) is 6.42 Å². The molecule has 31 heavy (non-hydrogen) atoms. The Kier molecular flexibility index (Phi) is 8.49. The fourth-order valence-electron chi connectivity index (χ4n) is 2.55. The highest BCUT2D eigenvalue weighted by Gasteiger charge is 2.19. The van der Waals surface area contributed by atoms with Crippen molar-refractivity contribution in [3.63, 3.8) is 0 Å². The summed E-state index contributed by atoms with van der Waals surface area (Å²) in [6.07, 6.45) is 2.71. The lowest BCUT2D eigenvalue weighted by Crippen LogP contribution is -2.12. The highest BCUT2D eigenvalue weighted by Crippen LogP contribution is 2.25. The third-order valence-electron chi connectivity index (χ3n) is 4.30. The number of carbonyl (C=O) groups excluding carboxylic acids is 2. The van der Waals surface area contributed by atoms with Crippen LogP contribution in [0.4, 0.5) is 0 Å². The molecule has 0 N–H and O–H groups in total. The predicted molar refractivity (Wildman–Crippen MR) is 124 cm³/mol. The van der Waals surface area contributed by atoms with Gasteiger partial charge in [-0.25, -0.2) is 9.59 Å². The number of halogens is 2. The molecule has 0 bridgehead atoms. The van der Waals surface area contributed by atoms with E-state index in [1.165, 1.54) is 0 Å². The summed E-state index contributed by atoms with van der Waals surface area (Å²) in [5, 5.41) is 1.03. The van der Waals surface area contributed by atoms with E-state index in [1.54, 1.807) is 55.5 Å². The fourth-order valence-corrected chi connectivity index (χ4v) is 2.80. The van der Waals surface area contributed by atoms with Crippen LogP contribution in [-0.4, -0.2) is 11.9 Å². The van der Waals surface area contributed by atoms with Crippen LogP contribution in [0.1, 0.15) is 61.8 Å². The molecule has 0 saturated heterocycles. The molecule has 2 aromatic rings.